The molecule has 0 amide bonds. The van der Waals surface area contributed by atoms with Gasteiger partial charge in [-0.05, 0) is 50.0 Å². The van der Waals surface area contributed by atoms with Crippen LogP contribution in [0.1, 0.15) is 38.2 Å². The lowest BCUT2D eigenvalue weighted by atomic mass is 10.0. The zero-order chi connectivity index (χ0) is 12.1. The first-order chi connectivity index (χ1) is 8.29. The number of hydrogen-bond acceptors (Lipinski definition) is 1. The Kier molecular flexibility index (Phi) is 4.87. The quantitative estimate of drug-likeness (QED) is 0.780. The van der Waals surface area contributed by atoms with Gasteiger partial charge in [-0.1, -0.05) is 43.5 Å². The van der Waals surface area contributed by atoms with Crippen LogP contribution in [0.2, 0.25) is 5.02 Å². The van der Waals surface area contributed by atoms with Gasteiger partial charge >= 0.3 is 0 Å². The average molecular weight is 252 g/mol. The minimum absolute atomic E-state index is 0.726. The van der Waals surface area contributed by atoms with Crippen molar-refractivity contribution in [1.82, 2.24) is 4.90 Å². The molecule has 0 spiro atoms. The number of rotatable bonds is 3. The first-order valence-corrected chi connectivity index (χ1v) is 7.16. The molecule has 2 heteroatoms. The molecule has 1 fully saturated rings. The first-order valence-electron chi connectivity index (χ1n) is 6.78. The fourth-order valence-corrected chi connectivity index (χ4v) is 2.90. The van der Waals surface area contributed by atoms with E-state index >= 15 is 0 Å². The highest BCUT2D eigenvalue weighted by Gasteiger charge is 2.19. The maximum Gasteiger partial charge on any atom is 0.0406 e. The summed E-state index contributed by atoms with van der Waals surface area (Å²) in [7, 11) is 0. The molecule has 1 aromatic rings. The summed E-state index contributed by atoms with van der Waals surface area (Å²) in [6.07, 6.45) is 6.66. The number of halogens is 1. The third-order valence-corrected chi connectivity index (χ3v) is 4.04. The molecule has 1 unspecified atom stereocenters. The Morgan fingerprint density at radius 2 is 1.94 bits per heavy atom. The molecule has 1 aliphatic rings. The van der Waals surface area contributed by atoms with Crippen LogP contribution >= 0.6 is 11.6 Å². The molecule has 1 saturated heterocycles. The maximum atomic E-state index is 5.93. The minimum atomic E-state index is 0.726. The molecule has 0 N–H and O–H groups in total. The van der Waals surface area contributed by atoms with Gasteiger partial charge in [0, 0.05) is 11.1 Å². The molecule has 0 aliphatic carbocycles. The van der Waals surface area contributed by atoms with Crippen molar-refractivity contribution in [3.63, 3.8) is 0 Å². The highest BCUT2D eigenvalue weighted by molar-refractivity contribution is 6.30. The van der Waals surface area contributed by atoms with E-state index in [1.807, 2.05) is 12.1 Å². The largest absolute Gasteiger partial charge is 0.300 e. The van der Waals surface area contributed by atoms with Gasteiger partial charge < -0.3 is 4.90 Å². The molecule has 1 heterocycles. The van der Waals surface area contributed by atoms with Gasteiger partial charge in [-0.2, -0.15) is 0 Å². The number of hydrogen-bond donors (Lipinski definition) is 0. The molecule has 1 aromatic carbocycles. The van der Waals surface area contributed by atoms with Crippen molar-refractivity contribution in [3.05, 3.63) is 34.9 Å². The summed E-state index contributed by atoms with van der Waals surface area (Å²) < 4.78 is 0. The third-order valence-electron chi connectivity index (χ3n) is 3.79. The smallest absolute Gasteiger partial charge is 0.0406 e. The van der Waals surface area contributed by atoms with Gasteiger partial charge in [-0.25, -0.2) is 0 Å². The van der Waals surface area contributed by atoms with E-state index in [1.165, 1.54) is 50.8 Å². The molecule has 0 saturated carbocycles. The topological polar surface area (TPSA) is 3.24 Å². The second-order valence-electron chi connectivity index (χ2n) is 4.96. The second kappa shape index (κ2) is 6.42. The highest BCUT2D eigenvalue weighted by atomic mass is 35.5. The normalized spacial score (nSPS) is 22.4. The monoisotopic (exact) mass is 251 g/mol. The maximum absolute atomic E-state index is 5.93. The van der Waals surface area contributed by atoms with Gasteiger partial charge in [0.15, 0.2) is 0 Å². The van der Waals surface area contributed by atoms with E-state index in [2.05, 4.69) is 24.0 Å². The van der Waals surface area contributed by atoms with Crippen molar-refractivity contribution in [3.8, 4) is 0 Å². The lowest BCUT2D eigenvalue weighted by Gasteiger charge is -2.28. The standard InChI is InChI=1S/C15H22ClN/c1-2-17-11-5-3-4-6-15(17)12-13-7-9-14(16)10-8-13/h7-10,15H,2-6,11-12H2,1H3. The van der Waals surface area contributed by atoms with Crippen molar-refractivity contribution >= 4 is 11.6 Å². The molecular weight excluding hydrogens is 230 g/mol. The van der Waals surface area contributed by atoms with Crippen LogP contribution in [-0.2, 0) is 6.42 Å². The lowest BCUT2D eigenvalue weighted by molar-refractivity contribution is 0.209. The van der Waals surface area contributed by atoms with Crippen LogP contribution in [0.3, 0.4) is 0 Å². The Balaban J connectivity index is 2.01. The summed E-state index contributed by atoms with van der Waals surface area (Å²) in [5, 5.41) is 0.835. The van der Waals surface area contributed by atoms with Gasteiger partial charge in [0.05, 0.1) is 0 Å². The van der Waals surface area contributed by atoms with Crippen molar-refractivity contribution < 1.29 is 0 Å². The minimum Gasteiger partial charge on any atom is -0.300 e. The van der Waals surface area contributed by atoms with E-state index in [0.29, 0.717) is 0 Å². The Morgan fingerprint density at radius 3 is 2.65 bits per heavy atom. The summed E-state index contributed by atoms with van der Waals surface area (Å²) in [5.41, 5.74) is 1.42. The van der Waals surface area contributed by atoms with Crippen molar-refractivity contribution in [2.75, 3.05) is 13.1 Å². The first kappa shape index (κ1) is 12.9. The van der Waals surface area contributed by atoms with Gasteiger partial charge in [-0.15, -0.1) is 0 Å². The van der Waals surface area contributed by atoms with Gasteiger partial charge in [0.25, 0.3) is 0 Å². The zero-order valence-corrected chi connectivity index (χ0v) is 11.4. The average Bonchev–Trinajstić information content (AvgIpc) is 2.57. The summed E-state index contributed by atoms with van der Waals surface area (Å²) in [4.78, 5) is 2.64. The Labute approximate surface area is 110 Å². The fraction of sp³-hybridized carbons (Fsp3) is 0.600. The predicted octanol–water partition coefficient (Wildman–Crippen LogP) is 4.15. The fourth-order valence-electron chi connectivity index (χ4n) is 2.78. The summed E-state index contributed by atoms with van der Waals surface area (Å²) >= 11 is 5.93. The molecule has 17 heavy (non-hydrogen) atoms. The molecule has 1 aliphatic heterocycles. The van der Waals surface area contributed by atoms with Crippen LogP contribution in [0.25, 0.3) is 0 Å². The number of benzene rings is 1. The molecule has 1 nitrogen and oxygen atoms in total. The Morgan fingerprint density at radius 1 is 1.18 bits per heavy atom. The zero-order valence-electron chi connectivity index (χ0n) is 10.7. The summed E-state index contributed by atoms with van der Waals surface area (Å²) in [6.45, 7) is 4.73. The van der Waals surface area contributed by atoms with Crippen molar-refractivity contribution in [2.45, 2.75) is 45.1 Å². The molecule has 1 atom stereocenters. The predicted molar refractivity (Wildman–Crippen MR) is 74.7 cm³/mol. The Hall–Kier alpha value is -0.530. The van der Waals surface area contributed by atoms with Crippen LogP contribution in [0.15, 0.2) is 24.3 Å². The molecule has 94 valence electrons. The van der Waals surface area contributed by atoms with E-state index in [0.717, 1.165) is 11.1 Å². The van der Waals surface area contributed by atoms with E-state index in [-0.39, 0.29) is 0 Å². The summed E-state index contributed by atoms with van der Waals surface area (Å²) in [5.74, 6) is 0. The van der Waals surface area contributed by atoms with Crippen LogP contribution < -0.4 is 0 Å². The lowest BCUT2D eigenvalue weighted by Crippen LogP contribution is -2.36. The number of nitrogens with zero attached hydrogens (tertiary/aromatic N) is 1. The van der Waals surface area contributed by atoms with Crippen LogP contribution in [0.4, 0.5) is 0 Å². The SMILES string of the molecule is CCN1CCCCCC1Cc1ccc(Cl)cc1. The third kappa shape index (κ3) is 3.72. The van der Waals surface area contributed by atoms with Gasteiger partial charge in [-0.3, -0.25) is 0 Å². The van der Waals surface area contributed by atoms with Crippen LogP contribution in [0.5, 0.6) is 0 Å². The molecule has 2 rings (SSSR count). The van der Waals surface area contributed by atoms with Gasteiger partial charge in [0.2, 0.25) is 0 Å². The summed E-state index contributed by atoms with van der Waals surface area (Å²) in [6, 6.07) is 9.07. The number of likely N-dealkylation sites (tertiary alicyclic amines) is 1. The van der Waals surface area contributed by atoms with E-state index in [1.54, 1.807) is 0 Å². The van der Waals surface area contributed by atoms with E-state index in [9.17, 15) is 0 Å². The molecule has 0 radical (unpaired) electrons. The van der Waals surface area contributed by atoms with Gasteiger partial charge in [0.1, 0.15) is 0 Å². The molecule has 0 aromatic heterocycles. The highest BCUT2D eigenvalue weighted by Crippen LogP contribution is 2.20. The number of likely N-dealkylation sites (N-methyl/N-ethyl adjacent to an activating group) is 1. The Bertz CT molecular complexity index is 333. The van der Waals surface area contributed by atoms with Crippen molar-refractivity contribution in [2.24, 2.45) is 0 Å². The molecule has 0 bridgehead atoms. The second-order valence-corrected chi connectivity index (χ2v) is 5.40. The van der Waals surface area contributed by atoms with E-state index < -0.39 is 0 Å². The van der Waals surface area contributed by atoms with E-state index in [4.69, 9.17) is 11.6 Å². The van der Waals surface area contributed by atoms with Crippen LogP contribution in [-0.4, -0.2) is 24.0 Å². The molecular formula is C15H22ClN. The van der Waals surface area contributed by atoms with Crippen LogP contribution in [0, 0.1) is 0 Å². The van der Waals surface area contributed by atoms with Crippen molar-refractivity contribution in [1.29, 1.82) is 0 Å².